The van der Waals surface area contributed by atoms with Crippen LogP contribution in [-0.4, -0.2) is 24.1 Å². The first-order chi connectivity index (χ1) is 9.56. The highest BCUT2D eigenvalue weighted by Crippen LogP contribution is 2.26. The summed E-state index contributed by atoms with van der Waals surface area (Å²) >= 11 is 3.20. The Morgan fingerprint density at radius 3 is 2.90 bits per heavy atom. The molecule has 0 saturated carbocycles. The molecule has 0 spiro atoms. The van der Waals surface area contributed by atoms with Gasteiger partial charge < -0.3 is 10.1 Å². The summed E-state index contributed by atoms with van der Waals surface area (Å²) in [5.74, 6) is 0.415. The number of non-ortho nitro benzene ring substituents is 1. The van der Waals surface area contributed by atoms with Gasteiger partial charge >= 0.3 is 0 Å². The molecule has 0 saturated heterocycles. The van der Waals surface area contributed by atoms with Crippen LogP contribution in [0.15, 0.2) is 22.7 Å². The second kappa shape index (κ2) is 8.51. The molecule has 0 aromatic heterocycles. The quantitative estimate of drug-likeness (QED) is 0.579. The van der Waals surface area contributed by atoms with Crippen LogP contribution in [0.4, 0.5) is 5.69 Å². The number of benzene rings is 1. The van der Waals surface area contributed by atoms with Crippen LogP contribution in [0.2, 0.25) is 0 Å². The molecular formula is C13H16BrN3O3. The van der Waals surface area contributed by atoms with Crippen LogP contribution < -0.4 is 10.1 Å². The lowest BCUT2D eigenvalue weighted by Crippen LogP contribution is -2.29. The molecule has 0 aliphatic carbocycles. The Hall–Kier alpha value is -1.65. The van der Waals surface area contributed by atoms with Crippen molar-refractivity contribution in [1.29, 1.82) is 5.26 Å². The monoisotopic (exact) mass is 341 g/mol. The molecule has 1 aromatic carbocycles. The fourth-order valence-electron chi connectivity index (χ4n) is 1.56. The zero-order chi connectivity index (χ0) is 15.0. The van der Waals surface area contributed by atoms with Crippen LogP contribution in [0.1, 0.15) is 19.8 Å². The number of rotatable bonds is 8. The Morgan fingerprint density at radius 2 is 2.30 bits per heavy atom. The van der Waals surface area contributed by atoms with E-state index < -0.39 is 4.92 Å². The molecule has 0 radical (unpaired) electrons. The number of nitriles is 1. The van der Waals surface area contributed by atoms with E-state index in [0.717, 1.165) is 13.0 Å². The van der Waals surface area contributed by atoms with Crippen molar-refractivity contribution in [2.24, 2.45) is 0 Å². The van der Waals surface area contributed by atoms with Gasteiger partial charge in [0.25, 0.3) is 5.69 Å². The predicted molar refractivity (Wildman–Crippen MR) is 78.6 cm³/mol. The number of nitro groups is 1. The molecule has 0 aliphatic heterocycles. The van der Waals surface area contributed by atoms with Gasteiger partial charge in [0.15, 0.2) is 0 Å². The normalized spacial score (nSPS) is 11.7. The smallest absolute Gasteiger partial charge is 0.274 e. The van der Waals surface area contributed by atoms with Crippen molar-refractivity contribution in [1.82, 2.24) is 5.32 Å². The number of ether oxygens (including phenoxy) is 1. The fraction of sp³-hybridized carbons (Fsp3) is 0.462. The standard InChI is InChI=1S/C13H16BrN3O3/c1-2-4-16-11(9-15)3-5-20-13-7-10(14)6-12(8-13)17(18)19/h6-8,11,16H,2-5H2,1H3. The van der Waals surface area contributed by atoms with E-state index in [1.807, 2.05) is 6.92 Å². The average molecular weight is 342 g/mol. The molecule has 0 amide bonds. The highest BCUT2D eigenvalue weighted by Gasteiger charge is 2.10. The highest BCUT2D eigenvalue weighted by atomic mass is 79.9. The zero-order valence-corrected chi connectivity index (χ0v) is 12.7. The highest BCUT2D eigenvalue weighted by molar-refractivity contribution is 9.10. The summed E-state index contributed by atoms with van der Waals surface area (Å²) in [6, 6.07) is 6.33. The molecule has 1 atom stereocenters. The number of nitrogens with one attached hydrogen (secondary N) is 1. The minimum atomic E-state index is -0.474. The van der Waals surface area contributed by atoms with Crippen LogP contribution in [0.3, 0.4) is 0 Å². The first-order valence-corrected chi connectivity index (χ1v) is 7.07. The summed E-state index contributed by atoms with van der Waals surface area (Å²) in [4.78, 5) is 10.3. The SMILES string of the molecule is CCCNC(C#N)CCOc1cc(Br)cc([N+](=O)[O-])c1. The van der Waals surface area contributed by atoms with Crippen molar-refractivity contribution in [2.75, 3.05) is 13.2 Å². The van der Waals surface area contributed by atoms with Crippen molar-refractivity contribution in [3.05, 3.63) is 32.8 Å². The maximum atomic E-state index is 10.7. The molecular weight excluding hydrogens is 326 g/mol. The minimum absolute atomic E-state index is 0.0321. The van der Waals surface area contributed by atoms with E-state index in [9.17, 15) is 10.1 Å². The van der Waals surface area contributed by atoms with E-state index in [0.29, 0.717) is 23.2 Å². The van der Waals surface area contributed by atoms with E-state index in [-0.39, 0.29) is 11.7 Å². The first kappa shape index (κ1) is 16.4. The summed E-state index contributed by atoms with van der Waals surface area (Å²) in [7, 11) is 0. The summed E-state index contributed by atoms with van der Waals surface area (Å²) in [6.45, 7) is 3.13. The first-order valence-electron chi connectivity index (χ1n) is 6.27. The van der Waals surface area contributed by atoms with Gasteiger partial charge in [0.1, 0.15) is 5.75 Å². The third-order valence-electron chi connectivity index (χ3n) is 2.54. The van der Waals surface area contributed by atoms with Gasteiger partial charge in [-0.25, -0.2) is 0 Å². The summed E-state index contributed by atoms with van der Waals surface area (Å²) in [6.07, 6.45) is 1.48. The van der Waals surface area contributed by atoms with Gasteiger partial charge in [0, 0.05) is 17.0 Å². The van der Waals surface area contributed by atoms with Gasteiger partial charge in [0.05, 0.1) is 29.7 Å². The minimum Gasteiger partial charge on any atom is -0.493 e. The third-order valence-corrected chi connectivity index (χ3v) is 3.00. The van der Waals surface area contributed by atoms with E-state index in [2.05, 4.69) is 27.3 Å². The number of hydrogen-bond acceptors (Lipinski definition) is 5. The maximum absolute atomic E-state index is 10.7. The molecule has 0 aliphatic rings. The summed E-state index contributed by atoms with van der Waals surface area (Å²) in [5.41, 5.74) is -0.0321. The lowest BCUT2D eigenvalue weighted by Gasteiger charge is -2.11. The second-order valence-electron chi connectivity index (χ2n) is 4.18. The number of nitro benzene ring substituents is 1. The number of halogens is 1. The van der Waals surface area contributed by atoms with Gasteiger partial charge in [-0.15, -0.1) is 0 Å². The second-order valence-corrected chi connectivity index (χ2v) is 5.09. The Balaban J connectivity index is 2.53. The van der Waals surface area contributed by atoms with Gasteiger partial charge in [0.2, 0.25) is 0 Å². The van der Waals surface area contributed by atoms with Gasteiger partial charge in [-0.2, -0.15) is 5.26 Å². The van der Waals surface area contributed by atoms with Crippen LogP contribution in [0, 0.1) is 21.4 Å². The number of nitrogens with zero attached hydrogens (tertiary/aromatic N) is 2. The van der Waals surface area contributed by atoms with Crippen molar-refractivity contribution in [3.8, 4) is 11.8 Å². The van der Waals surface area contributed by atoms with Crippen molar-refractivity contribution >= 4 is 21.6 Å². The average Bonchev–Trinajstić information content (AvgIpc) is 2.42. The van der Waals surface area contributed by atoms with Crippen LogP contribution in [-0.2, 0) is 0 Å². The Labute approximate surface area is 126 Å². The van der Waals surface area contributed by atoms with Crippen molar-refractivity contribution < 1.29 is 9.66 Å². The summed E-state index contributed by atoms with van der Waals surface area (Å²) in [5, 5.41) is 22.8. The van der Waals surface area contributed by atoms with Crippen LogP contribution in [0.5, 0.6) is 5.75 Å². The molecule has 6 nitrogen and oxygen atoms in total. The lowest BCUT2D eigenvalue weighted by molar-refractivity contribution is -0.385. The van der Waals surface area contributed by atoms with E-state index in [1.54, 1.807) is 6.07 Å². The van der Waals surface area contributed by atoms with Crippen LogP contribution in [0.25, 0.3) is 0 Å². The molecule has 1 N–H and O–H groups in total. The maximum Gasteiger partial charge on any atom is 0.274 e. The molecule has 0 fully saturated rings. The van der Waals surface area contributed by atoms with E-state index >= 15 is 0 Å². The van der Waals surface area contributed by atoms with Crippen molar-refractivity contribution in [2.45, 2.75) is 25.8 Å². The Bertz CT molecular complexity index is 502. The molecule has 1 unspecified atom stereocenters. The Morgan fingerprint density at radius 1 is 1.55 bits per heavy atom. The molecule has 1 aromatic rings. The topological polar surface area (TPSA) is 88.2 Å². The lowest BCUT2D eigenvalue weighted by atomic mass is 10.2. The molecule has 7 heteroatoms. The molecule has 1 rings (SSSR count). The predicted octanol–water partition coefficient (Wildman–Crippen LogP) is 3.02. The van der Waals surface area contributed by atoms with Gasteiger partial charge in [-0.3, -0.25) is 10.1 Å². The van der Waals surface area contributed by atoms with Crippen molar-refractivity contribution in [3.63, 3.8) is 0 Å². The molecule has 20 heavy (non-hydrogen) atoms. The van der Waals surface area contributed by atoms with E-state index in [1.165, 1.54) is 12.1 Å². The van der Waals surface area contributed by atoms with Crippen LogP contribution >= 0.6 is 15.9 Å². The third kappa shape index (κ3) is 5.55. The fourth-order valence-corrected chi connectivity index (χ4v) is 2.02. The van der Waals surface area contributed by atoms with Gasteiger partial charge in [-0.05, 0) is 19.0 Å². The van der Waals surface area contributed by atoms with E-state index in [4.69, 9.17) is 10.00 Å². The molecule has 0 bridgehead atoms. The zero-order valence-electron chi connectivity index (χ0n) is 11.1. The summed E-state index contributed by atoms with van der Waals surface area (Å²) < 4.78 is 6.05. The largest absolute Gasteiger partial charge is 0.493 e. The Kier molecular flexibility index (Phi) is 6.98. The molecule has 108 valence electrons. The van der Waals surface area contributed by atoms with Gasteiger partial charge in [-0.1, -0.05) is 22.9 Å². The molecule has 0 heterocycles. The number of hydrogen-bond donors (Lipinski definition) is 1.